The fraction of sp³-hybridized carbons (Fsp3) is 0. The lowest BCUT2D eigenvalue weighted by atomic mass is 10.3. The van der Waals surface area contributed by atoms with Gasteiger partial charge in [0, 0.05) is 24.0 Å². The lowest BCUT2D eigenvalue weighted by Crippen LogP contribution is -1.93. The summed E-state index contributed by atoms with van der Waals surface area (Å²) >= 11 is 5.92. The van der Waals surface area contributed by atoms with E-state index in [-0.39, 0.29) is 0 Å². The Bertz CT molecular complexity index is 638. The average molecular weight is 246 g/mol. The normalized spacial score (nSPS) is 10.9. The van der Waals surface area contributed by atoms with Crippen LogP contribution in [0.3, 0.4) is 0 Å². The number of aromatic nitrogens is 4. The van der Waals surface area contributed by atoms with Crippen LogP contribution in [-0.4, -0.2) is 19.6 Å². The van der Waals surface area contributed by atoms with E-state index in [1.165, 1.54) is 0 Å². The molecule has 0 aliphatic carbocycles. The third-order valence-electron chi connectivity index (χ3n) is 2.37. The Balaban J connectivity index is 2.21. The van der Waals surface area contributed by atoms with E-state index >= 15 is 0 Å². The summed E-state index contributed by atoms with van der Waals surface area (Å²) in [6.07, 6.45) is 5.05. The van der Waals surface area contributed by atoms with Crippen molar-refractivity contribution in [2.75, 3.05) is 5.73 Å². The number of hydrogen-bond donors (Lipinski definition) is 1. The second kappa shape index (κ2) is 3.71. The molecule has 0 aliphatic rings. The van der Waals surface area contributed by atoms with E-state index in [2.05, 4.69) is 15.1 Å². The Morgan fingerprint density at radius 3 is 3.00 bits per heavy atom. The summed E-state index contributed by atoms with van der Waals surface area (Å²) < 4.78 is 1.60. The van der Waals surface area contributed by atoms with Crippen molar-refractivity contribution in [2.24, 2.45) is 0 Å². The van der Waals surface area contributed by atoms with Crippen LogP contribution in [0.2, 0.25) is 5.02 Å². The van der Waals surface area contributed by atoms with Crippen LogP contribution in [0, 0.1) is 0 Å². The largest absolute Gasteiger partial charge is 0.396 e. The van der Waals surface area contributed by atoms with E-state index < -0.39 is 0 Å². The Labute approximate surface area is 102 Å². The molecule has 84 valence electrons. The molecule has 0 saturated carbocycles. The third-order valence-corrected chi connectivity index (χ3v) is 2.70. The maximum atomic E-state index is 5.92. The van der Waals surface area contributed by atoms with Gasteiger partial charge in [-0.25, -0.2) is 9.50 Å². The molecule has 0 aliphatic heterocycles. The first kappa shape index (κ1) is 10.0. The average Bonchev–Trinajstić information content (AvgIpc) is 2.74. The van der Waals surface area contributed by atoms with Crippen LogP contribution in [0.25, 0.3) is 17.0 Å². The second-order valence-corrected chi connectivity index (χ2v) is 3.96. The smallest absolute Gasteiger partial charge is 0.183 e. The predicted octanol–water partition coefficient (Wildman–Crippen LogP) is 2.03. The maximum absolute atomic E-state index is 5.92. The Hall–Kier alpha value is -2.14. The number of rotatable bonds is 1. The summed E-state index contributed by atoms with van der Waals surface area (Å²) in [5, 5.41) is 4.79. The lowest BCUT2D eigenvalue weighted by molar-refractivity contribution is 0.967. The first-order chi connectivity index (χ1) is 8.24. The van der Waals surface area contributed by atoms with E-state index in [1.54, 1.807) is 29.2 Å². The van der Waals surface area contributed by atoms with Crippen LogP contribution in [0.4, 0.5) is 5.69 Å². The van der Waals surface area contributed by atoms with E-state index in [9.17, 15) is 0 Å². The molecule has 0 unspecified atom stereocenters. The molecular weight excluding hydrogens is 238 g/mol. The summed E-state index contributed by atoms with van der Waals surface area (Å²) in [6, 6.07) is 5.42. The van der Waals surface area contributed by atoms with Gasteiger partial charge in [-0.15, -0.1) is 5.10 Å². The monoisotopic (exact) mass is 245 g/mol. The number of nitrogens with two attached hydrogens (primary N) is 1. The highest BCUT2D eigenvalue weighted by Crippen LogP contribution is 2.21. The molecule has 3 heterocycles. The molecule has 0 spiro atoms. The number of anilines is 1. The van der Waals surface area contributed by atoms with Gasteiger partial charge in [0.15, 0.2) is 11.5 Å². The van der Waals surface area contributed by atoms with Gasteiger partial charge in [-0.3, -0.25) is 4.98 Å². The first-order valence-corrected chi connectivity index (χ1v) is 5.33. The summed E-state index contributed by atoms with van der Waals surface area (Å²) in [5.41, 5.74) is 7.68. The second-order valence-electron chi connectivity index (χ2n) is 3.56. The highest BCUT2D eigenvalue weighted by atomic mass is 35.5. The molecule has 3 aromatic rings. The van der Waals surface area contributed by atoms with Gasteiger partial charge in [-0.1, -0.05) is 11.6 Å². The van der Waals surface area contributed by atoms with Crippen LogP contribution < -0.4 is 5.73 Å². The van der Waals surface area contributed by atoms with Gasteiger partial charge in [0.05, 0.1) is 16.9 Å². The molecule has 6 heteroatoms. The Morgan fingerprint density at radius 2 is 2.24 bits per heavy atom. The molecule has 0 amide bonds. The van der Waals surface area contributed by atoms with Crippen molar-refractivity contribution in [3.8, 4) is 11.4 Å². The van der Waals surface area contributed by atoms with Crippen LogP contribution in [0.5, 0.6) is 0 Å². The molecule has 0 atom stereocenters. The minimum absolute atomic E-state index is 0.474. The quantitative estimate of drug-likeness (QED) is 0.712. The molecular formula is C11H8ClN5. The highest BCUT2D eigenvalue weighted by Gasteiger charge is 2.08. The number of halogens is 1. The van der Waals surface area contributed by atoms with Crippen molar-refractivity contribution in [1.29, 1.82) is 0 Å². The fourth-order valence-electron chi connectivity index (χ4n) is 1.54. The lowest BCUT2D eigenvalue weighted by Gasteiger charge is -1.96. The SMILES string of the molecule is Nc1cn2nc(-c3cccnc3)nc2cc1Cl. The maximum Gasteiger partial charge on any atom is 0.183 e. The molecule has 17 heavy (non-hydrogen) atoms. The summed E-state index contributed by atoms with van der Waals surface area (Å²) in [5.74, 6) is 0.597. The summed E-state index contributed by atoms with van der Waals surface area (Å²) in [4.78, 5) is 8.38. The van der Waals surface area contributed by atoms with E-state index in [1.807, 2.05) is 12.1 Å². The van der Waals surface area contributed by atoms with E-state index in [4.69, 9.17) is 17.3 Å². The number of nitrogen functional groups attached to an aromatic ring is 1. The van der Waals surface area contributed by atoms with Crippen LogP contribution in [0.1, 0.15) is 0 Å². The number of pyridine rings is 2. The standard InChI is InChI=1S/C11H8ClN5/c12-8-4-10-15-11(7-2-1-3-14-5-7)16-17(10)6-9(8)13/h1-6H,13H2. The zero-order chi connectivity index (χ0) is 11.8. The molecule has 0 bridgehead atoms. The zero-order valence-electron chi connectivity index (χ0n) is 8.71. The van der Waals surface area contributed by atoms with Gasteiger partial charge in [0.2, 0.25) is 0 Å². The van der Waals surface area contributed by atoms with Crippen LogP contribution >= 0.6 is 11.6 Å². The minimum atomic E-state index is 0.474. The number of nitrogens with zero attached hydrogens (tertiary/aromatic N) is 4. The predicted molar refractivity (Wildman–Crippen MR) is 65.6 cm³/mol. The van der Waals surface area contributed by atoms with Crippen molar-refractivity contribution >= 4 is 22.9 Å². The van der Waals surface area contributed by atoms with E-state index in [0.29, 0.717) is 22.2 Å². The van der Waals surface area contributed by atoms with E-state index in [0.717, 1.165) is 5.56 Å². The molecule has 0 saturated heterocycles. The molecule has 0 fully saturated rings. The number of hydrogen-bond acceptors (Lipinski definition) is 4. The topological polar surface area (TPSA) is 69.1 Å². The summed E-state index contributed by atoms with van der Waals surface area (Å²) in [7, 11) is 0. The van der Waals surface area contributed by atoms with Crippen molar-refractivity contribution in [3.05, 3.63) is 41.8 Å². The van der Waals surface area contributed by atoms with Gasteiger partial charge in [0.1, 0.15) is 0 Å². The van der Waals surface area contributed by atoms with Crippen molar-refractivity contribution < 1.29 is 0 Å². The fourth-order valence-corrected chi connectivity index (χ4v) is 1.68. The zero-order valence-corrected chi connectivity index (χ0v) is 9.46. The van der Waals surface area contributed by atoms with Crippen molar-refractivity contribution in [2.45, 2.75) is 0 Å². The molecule has 5 nitrogen and oxygen atoms in total. The number of fused-ring (bicyclic) bond motifs is 1. The van der Waals surface area contributed by atoms with Gasteiger partial charge < -0.3 is 5.73 Å². The van der Waals surface area contributed by atoms with Gasteiger partial charge >= 0.3 is 0 Å². The first-order valence-electron chi connectivity index (χ1n) is 4.96. The van der Waals surface area contributed by atoms with Crippen molar-refractivity contribution in [1.82, 2.24) is 19.6 Å². The van der Waals surface area contributed by atoms with Crippen LogP contribution in [0.15, 0.2) is 36.8 Å². The Kier molecular flexibility index (Phi) is 2.19. The summed E-state index contributed by atoms with van der Waals surface area (Å²) in [6.45, 7) is 0. The molecule has 0 radical (unpaired) electrons. The van der Waals surface area contributed by atoms with Gasteiger partial charge in [-0.05, 0) is 12.1 Å². The third kappa shape index (κ3) is 1.70. The molecule has 2 N–H and O–H groups in total. The van der Waals surface area contributed by atoms with Crippen LogP contribution in [-0.2, 0) is 0 Å². The van der Waals surface area contributed by atoms with Gasteiger partial charge in [-0.2, -0.15) is 0 Å². The minimum Gasteiger partial charge on any atom is -0.396 e. The molecule has 3 rings (SSSR count). The molecule has 0 aromatic carbocycles. The Morgan fingerprint density at radius 1 is 1.35 bits per heavy atom. The molecule has 3 aromatic heterocycles. The highest BCUT2D eigenvalue weighted by molar-refractivity contribution is 6.33. The van der Waals surface area contributed by atoms with Gasteiger partial charge in [0.25, 0.3) is 0 Å². The van der Waals surface area contributed by atoms with Crippen molar-refractivity contribution in [3.63, 3.8) is 0 Å².